The molecule has 0 saturated heterocycles. The molecule has 0 spiro atoms. The summed E-state index contributed by atoms with van der Waals surface area (Å²) in [6.07, 6.45) is 3.74. The van der Waals surface area contributed by atoms with E-state index in [4.69, 9.17) is 39.5 Å². The zero-order valence-corrected chi connectivity index (χ0v) is 35.7. The van der Waals surface area contributed by atoms with Gasteiger partial charge in [0.25, 0.3) is 10.1 Å². The maximum Gasteiger partial charge on any atom is 0.337 e. The molecule has 3 aromatic rings. The predicted molar refractivity (Wildman–Crippen MR) is 214 cm³/mol. The van der Waals surface area contributed by atoms with Crippen LogP contribution >= 0.6 is 46.6 Å². The monoisotopic (exact) mass is 869 g/mol. The SMILES string of the molecule is CC(=O)CSc1c(Cl)c(Cl)c(C(=O)O)c(C2=c3cc4c(c(S(=O)(=O)O)c3Oc3c2cc2c(c3S(=O)(=O)O)N(C)C(C)(C)C=C2C)=[N+](C)C(C)(C)C=C4C)c1Cl. The third-order valence-corrected chi connectivity index (χ3v) is 14.7. The van der Waals surface area contributed by atoms with Crippen molar-refractivity contribution in [2.75, 3.05) is 24.7 Å². The van der Waals surface area contributed by atoms with E-state index in [0.29, 0.717) is 22.3 Å². The first kappa shape index (κ1) is 41.2. The lowest BCUT2D eigenvalue weighted by Gasteiger charge is -2.42. The van der Waals surface area contributed by atoms with Crippen LogP contribution in [0.2, 0.25) is 15.1 Å². The van der Waals surface area contributed by atoms with Crippen molar-refractivity contribution in [2.24, 2.45) is 0 Å². The quantitative estimate of drug-likeness (QED) is 0.0766. The van der Waals surface area contributed by atoms with Crippen LogP contribution in [0.3, 0.4) is 0 Å². The van der Waals surface area contributed by atoms with E-state index in [9.17, 15) is 40.6 Å². The summed E-state index contributed by atoms with van der Waals surface area (Å²) in [4.78, 5) is 25.5. The maximum atomic E-state index is 13.7. The largest absolute Gasteiger partial charge is 0.478 e. The molecule has 0 radical (unpaired) electrons. The van der Waals surface area contributed by atoms with E-state index in [1.54, 1.807) is 37.4 Å². The van der Waals surface area contributed by atoms with Crippen molar-refractivity contribution < 1.29 is 45.4 Å². The standard InChI is InChI=1S/C37H35Cl3N2O10S3/c1-15-12-36(4,5)41(8)28-18(15)10-20-22(23-24(35(44)45)25(38)27(40)32(26(23)39)53-14-17(3)43)21-11-19-16(2)13-37(6,7)42(9)29(19)34(55(49,50)51)31(21)52-30(20)33(28)54(46,47)48/h10-13H,14H2,1-9H3,(H2-,44,45,46,47,48,49,50,51)/p+1. The number of fused-ring (bicyclic) bond motifs is 4. The average molecular weight is 871 g/mol. The van der Waals surface area contributed by atoms with Crippen LogP contribution in [-0.4, -0.2) is 73.7 Å². The fourth-order valence-corrected chi connectivity index (χ4v) is 11.2. The van der Waals surface area contributed by atoms with E-state index in [-0.39, 0.29) is 59.4 Å². The Hall–Kier alpha value is -3.41. The minimum atomic E-state index is -5.26. The van der Waals surface area contributed by atoms with Crippen LogP contribution in [-0.2, 0) is 25.0 Å². The lowest BCUT2D eigenvalue weighted by atomic mass is 9.83. The highest BCUT2D eigenvalue weighted by Gasteiger charge is 2.44. The van der Waals surface area contributed by atoms with Gasteiger partial charge in [-0.1, -0.05) is 40.9 Å². The number of aromatic carboxylic acids is 1. The Bertz CT molecular complexity index is 2770. The van der Waals surface area contributed by atoms with Gasteiger partial charge in [-0.3, -0.25) is 13.9 Å². The third kappa shape index (κ3) is 6.50. The number of thioether (sulfide) groups is 1. The zero-order chi connectivity index (χ0) is 41.2. The fraction of sp³-hybridized carbons (Fsp3) is 0.324. The highest BCUT2D eigenvalue weighted by molar-refractivity contribution is 8.00. The molecule has 3 N–H and O–H groups in total. The third-order valence-electron chi connectivity index (χ3n) is 10.2. The first-order valence-corrected chi connectivity index (χ1v) is 21.5. The van der Waals surface area contributed by atoms with E-state index in [2.05, 4.69) is 0 Å². The van der Waals surface area contributed by atoms with Gasteiger partial charge in [-0.25, -0.2) is 9.37 Å². The molecular formula is C37H36Cl3N2O10S3+. The molecule has 6 rings (SSSR count). The molecule has 0 atom stereocenters. The molecule has 0 bridgehead atoms. The fourth-order valence-electron chi connectivity index (χ4n) is 7.46. The molecule has 0 unspecified atom stereocenters. The van der Waals surface area contributed by atoms with Crippen molar-refractivity contribution in [3.05, 3.63) is 77.7 Å². The number of rotatable bonds is 7. The van der Waals surface area contributed by atoms with E-state index in [0.717, 1.165) is 11.8 Å². The van der Waals surface area contributed by atoms with Crippen molar-refractivity contribution in [2.45, 2.75) is 74.2 Å². The summed E-state index contributed by atoms with van der Waals surface area (Å²) in [7, 11) is -7.31. The highest BCUT2D eigenvalue weighted by atomic mass is 35.5. The zero-order valence-electron chi connectivity index (χ0n) is 31.0. The molecule has 12 nitrogen and oxygen atoms in total. The Balaban J connectivity index is 2.03. The number of nitrogens with zero attached hydrogens (tertiary/aromatic N) is 2. The Labute approximate surface area is 337 Å². The summed E-state index contributed by atoms with van der Waals surface area (Å²) in [5.41, 5.74) is -1.07. The van der Waals surface area contributed by atoms with Gasteiger partial charge in [0.05, 0.1) is 43.2 Å². The number of benzene rings is 3. The Morgan fingerprint density at radius 2 is 1.45 bits per heavy atom. The number of anilines is 1. The van der Waals surface area contributed by atoms with E-state index in [1.807, 2.05) is 39.8 Å². The van der Waals surface area contributed by atoms with Gasteiger partial charge in [0, 0.05) is 53.3 Å². The minimum Gasteiger partial charge on any atom is -0.478 e. The summed E-state index contributed by atoms with van der Waals surface area (Å²) in [5, 5.41) is 9.58. The van der Waals surface area contributed by atoms with Crippen molar-refractivity contribution in [1.82, 2.24) is 4.58 Å². The molecule has 0 fully saturated rings. The predicted octanol–water partition coefficient (Wildman–Crippen LogP) is 6.82. The van der Waals surface area contributed by atoms with Gasteiger partial charge in [0.1, 0.15) is 12.8 Å². The number of carboxylic acid groups (broad SMARTS) is 1. The molecule has 3 aliphatic rings. The molecule has 3 heterocycles. The molecule has 0 aliphatic carbocycles. The maximum absolute atomic E-state index is 13.7. The van der Waals surface area contributed by atoms with Crippen molar-refractivity contribution in [1.29, 1.82) is 0 Å². The van der Waals surface area contributed by atoms with Gasteiger partial charge in [-0.15, -0.1) is 11.8 Å². The molecule has 3 aromatic carbocycles. The number of carbonyl (C=O) groups excluding carboxylic acids is 1. The Kier molecular flexibility index (Phi) is 10.00. The average Bonchev–Trinajstić information content (AvgIpc) is 3.03. The van der Waals surface area contributed by atoms with Crippen LogP contribution in [0.25, 0.3) is 16.7 Å². The minimum absolute atomic E-state index is 0.00819. The van der Waals surface area contributed by atoms with Crippen molar-refractivity contribution in [3.63, 3.8) is 0 Å². The van der Waals surface area contributed by atoms with E-state index >= 15 is 0 Å². The Morgan fingerprint density at radius 1 is 0.873 bits per heavy atom. The molecule has 292 valence electrons. The summed E-state index contributed by atoms with van der Waals surface area (Å²) in [6.45, 7) is 12.0. The molecule has 55 heavy (non-hydrogen) atoms. The summed E-state index contributed by atoms with van der Waals surface area (Å²) >= 11 is 21.4. The molecule has 0 amide bonds. The number of Topliss-reactive ketones (excluding diaryl/α,β-unsaturated/α-hetero) is 1. The second-order valence-electron chi connectivity index (χ2n) is 14.8. The molecule has 3 aliphatic heterocycles. The topological polar surface area (TPSA) is 179 Å². The number of carbonyl (C=O) groups is 2. The van der Waals surface area contributed by atoms with Crippen LogP contribution in [0.15, 0.2) is 39.0 Å². The normalized spacial score (nSPS) is 17.0. The van der Waals surface area contributed by atoms with Gasteiger partial charge in [0.2, 0.25) is 10.3 Å². The first-order chi connectivity index (χ1) is 25.1. The molecular weight excluding hydrogens is 835 g/mol. The number of ether oxygens (including phenoxy) is 1. The van der Waals surface area contributed by atoms with E-state index < -0.39 is 69.2 Å². The number of carboxylic acids is 1. The van der Waals surface area contributed by atoms with Crippen LogP contribution in [0.4, 0.5) is 5.69 Å². The summed E-state index contributed by atoms with van der Waals surface area (Å²) in [5.74, 6) is -3.18. The first-order valence-electron chi connectivity index (χ1n) is 16.5. The van der Waals surface area contributed by atoms with Crippen LogP contribution in [0.1, 0.15) is 81.1 Å². The second kappa shape index (κ2) is 13.3. The lowest BCUT2D eigenvalue weighted by Crippen LogP contribution is -2.49. The van der Waals surface area contributed by atoms with Crippen LogP contribution < -0.4 is 24.8 Å². The number of hydrogen-bond donors (Lipinski definition) is 3. The van der Waals surface area contributed by atoms with Crippen molar-refractivity contribution in [3.8, 4) is 11.5 Å². The van der Waals surface area contributed by atoms with Gasteiger partial charge >= 0.3 is 16.1 Å². The number of hydrogen-bond acceptors (Lipinski definition) is 9. The number of ketones is 1. The summed E-state index contributed by atoms with van der Waals surface area (Å²) < 4.78 is 84.8. The van der Waals surface area contributed by atoms with E-state index in [1.165, 1.54) is 19.1 Å². The number of halogens is 3. The Morgan fingerprint density at radius 3 is 2.00 bits per heavy atom. The van der Waals surface area contributed by atoms with Crippen molar-refractivity contribution >= 4 is 101 Å². The molecule has 18 heteroatoms. The van der Waals surface area contributed by atoms with Crippen LogP contribution in [0, 0.1) is 0 Å². The van der Waals surface area contributed by atoms with Gasteiger partial charge < -0.3 is 14.7 Å². The van der Waals surface area contributed by atoms with Gasteiger partial charge in [-0.2, -0.15) is 16.8 Å². The highest BCUT2D eigenvalue weighted by Crippen LogP contribution is 2.54. The van der Waals surface area contributed by atoms with Gasteiger partial charge in [0.15, 0.2) is 21.9 Å². The summed E-state index contributed by atoms with van der Waals surface area (Å²) in [6, 6.07) is 3.07. The van der Waals surface area contributed by atoms with Crippen LogP contribution in [0.5, 0.6) is 11.5 Å². The smallest absolute Gasteiger partial charge is 0.337 e. The number of allylic oxidation sites excluding steroid dienone is 2. The molecule has 0 saturated carbocycles. The second-order valence-corrected chi connectivity index (χ2v) is 19.6. The molecule has 0 aromatic heterocycles. The van der Waals surface area contributed by atoms with Gasteiger partial charge in [-0.05, 0) is 64.0 Å². The number of likely N-dealkylation sites (N-methyl/N-ethyl adjacent to an activating group) is 2. The lowest BCUT2D eigenvalue weighted by molar-refractivity contribution is -0.114.